The summed E-state index contributed by atoms with van der Waals surface area (Å²) in [6.45, 7) is 11.2. The average Bonchev–Trinajstić information content (AvgIpc) is 3.27. The smallest absolute Gasteiger partial charge is 0.261 e. The van der Waals surface area contributed by atoms with Crippen LogP contribution in [-0.2, 0) is 22.7 Å². The summed E-state index contributed by atoms with van der Waals surface area (Å²) in [7, 11) is 0. The van der Waals surface area contributed by atoms with Crippen LogP contribution in [0.3, 0.4) is 0 Å². The molecule has 0 saturated carbocycles. The molecular formula is C36H52N4O4. The Morgan fingerprint density at radius 2 is 1.73 bits per heavy atom. The molecule has 1 N–H and O–H groups in total. The van der Waals surface area contributed by atoms with Gasteiger partial charge in [-0.3, -0.25) is 14.5 Å². The Morgan fingerprint density at radius 1 is 0.932 bits per heavy atom. The molecule has 0 aromatic heterocycles. The number of rotatable bonds is 12. The maximum atomic E-state index is 13.8. The number of hydrogen-bond acceptors (Lipinski definition) is 6. The standard InChI is InChI=1S/C36H52N4O4/c1-3-23-43-33-15-14-29(24-28(33)2)25-40(32-12-7-8-18-37-36(32)42)35(41)27-44-34-13-6-5-11-30(34)26-38-21-16-31(17-22-38)39-19-9-4-10-20-39/h5-6,11,13-15,24,31-32H,3-4,7-10,12,16-23,25-27H2,1-2H3,(H,37,42)/t32-/m0/s1. The van der Waals surface area contributed by atoms with Gasteiger partial charge in [0.25, 0.3) is 5.91 Å². The number of ether oxygens (including phenoxy) is 2. The van der Waals surface area contributed by atoms with E-state index >= 15 is 0 Å². The summed E-state index contributed by atoms with van der Waals surface area (Å²) < 4.78 is 12.1. The maximum Gasteiger partial charge on any atom is 0.261 e. The van der Waals surface area contributed by atoms with Crippen molar-refractivity contribution in [3.05, 3.63) is 59.2 Å². The van der Waals surface area contributed by atoms with Crippen LogP contribution in [0, 0.1) is 6.92 Å². The van der Waals surface area contributed by atoms with E-state index in [-0.39, 0.29) is 18.4 Å². The average molecular weight is 605 g/mol. The molecule has 240 valence electrons. The van der Waals surface area contributed by atoms with Crippen LogP contribution in [0.2, 0.25) is 0 Å². The molecule has 0 spiro atoms. The molecule has 0 radical (unpaired) electrons. The Kier molecular flexibility index (Phi) is 11.9. The van der Waals surface area contributed by atoms with Gasteiger partial charge in [0.2, 0.25) is 5.91 Å². The van der Waals surface area contributed by atoms with Gasteiger partial charge in [0, 0.05) is 31.2 Å². The van der Waals surface area contributed by atoms with E-state index in [1.54, 1.807) is 4.90 Å². The number of benzene rings is 2. The molecule has 3 aliphatic rings. The number of nitrogens with zero attached hydrogens (tertiary/aromatic N) is 3. The predicted octanol–water partition coefficient (Wildman–Crippen LogP) is 5.31. The molecule has 5 rings (SSSR count). The summed E-state index contributed by atoms with van der Waals surface area (Å²) in [4.78, 5) is 33.9. The van der Waals surface area contributed by atoms with Gasteiger partial charge in [-0.05, 0) is 108 Å². The first-order chi connectivity index (χ1) is 21.5. The largest absolute Gasteiger partial charge is 0.493 e. The highest BCUT2D eigenvalue weighted by molar-refractivity contribution is 5.88. The van der Waals surface area contributed by atoms with Gasteiger partial charge in [-0.1, -0.05) is 43.7 Å². The molecule has 2 aromatic carbocycles. The first-order valence-electron chi connectivity index (χ1n) is 17.0. The monoisotopic (exact) mass is 604 g/mol. The lowest BCUT2D eigenvalue weighted by molar-refractivity contribution is -0.142. The van der Waals surface area contributed by atoms with Gasteiger partial charge >= 0.3 is 0 Å². The molecule has 0 unspecified atom stereocenters. The second kappa shape index (κ2) is 16.3. The molecule has 0 bridgehead atoms. The number of amides is 2. The quantitative estimate of drug-likeness (QED) is 0.354. The van der Waals surface area contributed by atoms with Crippen molar-refractivity contribution in [2.75, 3.05) is 45.9 Å². The summed E-state index contributed by atoms with van der Waals surface area (Å²) in [6, 6.07) is 14.3. The minimum absolute atomic E-state index is 0.0798. The normalized spacial score (nSPS) is 20.5. The van der Waals surface area contributed by atoms with Crippen LogP contribution in [-0.4, -0.2) is 84.5 Å². The second-order valence-corrected chi connectivity index (χ2v) is 12.8. The van der Waals surface area contributed by atoms with E-state index in [0.29, 0.717) is 32.2 Å². The molecule has 8 heteroatoms. The molecule has 44 heavy (non-hydrogen) atoms. The topological polar surface area (TPSA) is 74.3 Å². The minimum Gasteiger partial charge on any atom is -0.493 e. The Morgan fingerprint density at radius 3 is 2.50 bits per heavy atom. The first kappa shape index (κ1) is 32.3. The van der Waals surface area contributed by atoms with Gasteiger partial charge in [0.1, 0.15) is 17.5 Å². The van der Waals surface area contributed by atoms with Crippen molar-refractivity contribution in [1.82, 2.24) is 20.0 Å². The van der Waals surface area contributed by atoms with E-state index in [4.69, 9.17) is 9.47 Å². The lowest BCUT2D eigenvalue weighted by Gasteiger charge is -2.40. The minimum atomic E-state index is -0.513. The molecule has 1 atom stereocenters. The van der Waals surface area contributed by atoms with Crippen LogP contribution < -0.4 is 14.8 Å². The molecule has 2 amide bonds. The number of carbonyl (C=O) groups is 2. The van der Waals surface area contributed by atoms with Crippen molar-refractivity contribution < 1.29 is 19.1 Å². The van der Waals surface area contributed by atoms with Crippen molar-refractivity contribution in [3.63, 3.8) is 0 Å². The summed E-state index contributed by atoms with van der Waals surface area (Å²) >= 11 is 0. The van der Waals surface area contributed by atoms with E-state index in [1.807, 2.05) is 37.3 Å². The predicted molar refractivity (Wildman–Crippen MR) is 174 cm³/mol. The lowest BCUT2D eigenvalue weighted by atomic mass is 9.99. The summed E-state index contributed by atoms with van der Waals surface area (Å²) in [5.74, 6) is 1.35. The number of hydrogen-bond donors (Lipinski definition) is 1. The highest BCUT2D eigenvalue weighted by Gasteiger charge is 2.32. The Balaban J connectivity index is 1.23. The fraction of sp³-hybridized carbons (Fsp3) is 0.611. The van der Waals surface area contributed by atoms with Crippen molar-refractivity contribution >= 4 is 11.8 Å². The van der Waals surface area contributed by atoms with Gasteiger partial charge in [0.15, 0.2) is 6.61 Å². The second-order valence-electron chi connectivity index (χ2n) is 12.8. The van der Waals surface area contributed by atoms with Gasteiger partial charge in [-0.25, -0.2) is 0 Å². The molecule has 2 aromatic rings. The van der Waals surface area contributed by atoms with Crippen LogP contribution in [0.5, 0.6) is 11.5 Å². The third-order valence-electron chi connectivity index (χ3n) is 9.44. The van der Waals surface area contributed by atoms with Gasteiger partial charge in [-0.15, -0.1) is 0 Å². The summed E-state index contributed by atoms with van der Waals surface area (Å²) in [5, 5.41) is 3.01. The summed E-state index contributed by atoms with van der Waals surface area (Å²) in [5.41, 5.74) is 3.11. The third kappa shape index (κ3) is 8.75. The molecule has 0 aliphatic carbocycles. The lowest BCUT2D eigenvalue weighted by Crippen LogP contribution is -2.49. The molecule has 3 fully saturated rings. The van der Waals surface area contributed by atoms with E-state index < -0.39 is 6.04 Å². The number of likely N-dealkylation sites (tertiary alicyclic amines) is 2. The Hall–Kier alpha value is -3.10. The highest BCUT2D eigenvalue weighted by Crippen LogP contribution is 2.26. The number of carbonyl (C=O) groups excluding carboxylic acids is 2. The number of para-hydroxylation sites is 1. The molecular weight excluding hydrogens is 552 g/mol. The van der Waals surface area contributed by atoms with Crippen LogP contribution in [0.1, 0.15) is 81.4 Å². The first-order valence-corrected chi connectivity index (χ1v) is 17.0. The zero-order valence-corrected chi connectivity index (χ0v) is 26.9. The highest BCUT2D eigenvalue weighted by atomic mass is 16.5. The van der Waals surface area contributed by atoms with Crippen molar-refractivity contribution in [3.8, 4) is 11.5 Å². The van der Waals surface area contributed by atoms with E-state index in [9.17, 15) is 9.59 Å². The van der Waals surface area contributed by atoms with E-state index in [2.05, 4.69) is 34.2 Å². The number of aryl methyl sites for hydroxylation is 1. The molecule has 3 aliphatic heterocycles. The zero-order valence-electron chi connectivity index (χ0n) is 26.9. The third-order valence-corrected chi connectivity index (χ3v) is 9.44. The Labute approximate surface area is 264 Å². The molecule has 3 saturated heterocycles. The van der Waals surface area contributed by atoms with Crippen LogP contribution in [0.4, 0.5) is 0 Å². The SMILES string of the molecule is CCCOc1ccc(CN(C(=O)COc2ccccc2CN2CCC(N3CCCCC3)CC2)[C@H]2CCCCNC2=O)cc1C. The maximum absolute atomic E-state index is 13.8. The number of piperidine rings is 2. The number of nitrogens with one attached hydrogen (secondary N) is 1. The summed E-state index contributed by atoms with van der Waals surface area (Å²) in [6.07, 6.45) is 9.90. The van der Waals surface area contributed by atoms with Gasteiger partial charge in [-0.2, -0.15) is 0 Å². The molecule has 8 nitrogen and oxygen atoms in total. The van der Waals surface area contributed by atoms with E-state index in [1.165, 1.54) is 45.2 Å². The van der Waals surface area contributed by atoms with Gasteiger partial charge < -0.3 is 24.6 Å². The zero-order chi connectivity index (χ0) is 30.7. The fourth-order valence-corrected chi connectivity index (χ4v) is 6.94. The van der Waals surface area contributed by atoms with Crippen LogP contribution in [0.25, 0.3) is 0 Å². The fourth-order valence-electron chi connectivity index (χ4n) is 6.94. The van der Waals surface area contributed by atoms with Crippen molar-refractivity contribution in [2.45, 2.75) is 96.8 Å². The van der Waals surface area contributed by atoms with Crippen LogP contribution in [0.15, 0.2) is 42.5 Å². The molecule has 3 heterocycles. The van der Waals surface area contributed by atoms with Gasteiger partial charge in [0.05, 0.1) is 6.61 Å². The van der Waals surface area contributed by atoms with E-state index in [0.717, 1.165) is 67.1 Å². The van der Waals surface area contributed by atoms with Crippen molar-refractivity contribution in [1.29, 1.82) is 0 Å². The Bertz CT molecular complexity index is 1220. The van der Waals surface area contributed by atoms with Crippen molar-refractivity contribution in [2.24, 2.45) is 0 Å². The van der Waals surface area contributed by atoms with Crippen LogP contribution >= 0.6 is 0 Å².